The van der Waals surface area contributed by atoms with Crippen molar-refractivity contribution in [3.8, 4) is 11.4 Å². The quantitative estimate of drug-likeness (QED) is 0.158. The van der Waals surface area contributed by atoms with Gasteiger partial charge in [-0.05, 0) is 102 Å². The van der Waals surface area contributed by atoms with Crippen LogP contribution < -0.4 is 10.6 Å². The molecule has 1 unspecified atom stereocenters. The van der Waals surface area contributed by atoms with E-state index in [1.54, 1.807) is 38.1 Å². The van der Waals surface area contributed by atoms with Crippen LogP contribution in [-0.2, 0) is 43.7 Å². The summed E-state index contributed by atoms with van der Waals surface area (Å²) in [5, 5.41) is 6.00. The zero-order chi connectivity index (χ0) is 43.5. The van der Waals surface area contributed by atoms with Gasteiger partial charge in [0.15, 0.2) is 11.6 Å². The molecule has 3 saturated heterocycles. The smallest absolute Gasteiger partial charge is 0.410 e. The van der Waals surface area contributed by atoms with E-state index in [1.165, 1.54) is 4.90 Å². The number of halogens is 3. The van der Waals surface area contributed by atoms with E-state index in [2.05, 4.69) is 51.5 Å². The first-order valence-electron chi connectivity index (χ1n) is 19.6. The number of alkyl halides is 1. The van der Waals surface area contributed by atoms with E-state index in [0.717, 1.165) is 59.5 Å². The number of aromatic nitrogens is 5. The summed E-state index contributed by atoms with van der Waals surface area (Å²) in [5.74, 6) is -0.389. The minimum Gasteiger partial charge on any atom is -0.444 e. The van der Waals surface area contributed by atoms with Crippen molar-refractivity contribution in [2.45, 2.75) is 95.1 Å². The number of rotatable bonds is 0. The highest BCUT2D eigenvalue weighted by atomic mass is 79.9. The van der Waals surface area contributed by atoms with Gasteiger partial charge in [0.05, 0.1) is 39.0 Å². The average Bonchev–Trinajstić information content (AvgIpc) is 3.53. The van der Waals surface area contributed by atoms with Crippen LogP contribution >= 0.6 is 39.1 Å². The van der Waals surface area contributed by atoms with Crippen molar-refractivity contribution in [1.82, 2.24) is 45.4 Å². The fourth-order valence-corrected chi connectivity index (χ4v) is 8.77. The van der Waals surface area contributed by atoms with Crippen LogP contribution in [0.4, 0.5) is 9.59 Å². The summed E-state index contributed by atoms with van der Waals surface area (Å²) in [7, 11) is 0. The highest BCUT2D eigenvalue weighted by Crippen LogP contribution is 2.44. The molecular formula is C40H46BrCl2N9O8. The second kappa shape index (κ2) is 16.0. The Hall–Kier alpha value is -4.68. The standard InChI is InChI=1S/C20H22ClN5O3.C12H18N2O4.C8H6BrClN2O/c1-19(2,3)29-18(28)26-8-20(9-26)7-23-16(27)12-11-5-4-10-6-22-17(21)25-13(10)14(11)24-15(12)20;1-11(2,3)18-10(17)14-6-12(7-14)5-13-9(16)4-8(12)15;9-5-2-1-4-3-11-8(10)12-6(4)7(5)13/h6,24H,4-5,7-9H2,1-3H3,(H,23,27);4-7H2,1-3H3,(H,13,16);3,5H,1-2H2. The molecule has 1 atom stereocenters. The molecule has 3 N–H and O–H groups in total. The molecular weight excluding hydrogens is 885 g/mol. The fourth-order valence-electron chi connectivity index (χ4n) is 8.05. The number of amides is 4. The SMILES string of the molecule is CC(C)(C)OC(=O)N1CC2(CNC(=O)CC2=O)C1.CC(C)(C)OC(=O)N1CC2(CNC(=O)c3c2[nH]c2c3CCc3cnc(Cl)nc3-2)C1.O=C1c2nc(Cl)ncc2CCC1Br. The Morgan fingerprint density at radius 3 is 1.88 bits per heavy atom. The Morgan fingerprint density at radius 2 is 1.32 bits per heavy atom. The molecule has 2 aliphatic carbocycles. The zero-order valence-corrected chi connectivity index (χ0v) is 37.2. The van der Waals surface area contributed by atoms with Crippen LogP contribution in [0.5, 0.6) is 0 Å². The first-order chi connectivity index (χ1) is 28.1. The minimum atomic E-state index is -0.579. The summed E-state index contributed by atoms with van der Waals surface area (Å²) < 4.78 is 10.7. The number of likely N-dealkylation sites (tertiary alicyclic amines) is 2. The Morgan fingerprint density at radius 1 is 0.783 bits per heavy atom. The second-order valence-corrected chi connectivity index (χ2v) is 19.7. The first-order valence-corrected chi connectivity index (χ1v) is 21.2. The molecule has 17 nitrogen and oxygen atoms in total. The maximum absolute atomic E-state index is 12.7. The molecule has 3 aromatic rings. The summed E-state index contributed by atoms with van der Waals surface area (Å²) in [6.45, 7) is 13.4. The molecule has 4 aliphatic heterocycles. The van der Waals surface area contributed by atoms with E-state index in [0.29, 0.717) is 50.5 Å². The normalized spacial score (nSPS) is 20.6. The fraction of sp³-hybridized carbons (Fsp3) is 0.550. The number of Topliss-reactive ketones (excluding diaryl/α,β-unsaturated/α-hetero) is 2. The molecule has 3 fully saturated rings. The molecule has 60 heavy (non-hydrogen) atoms. The van der Waals surface area contributed by atoms with Crippen LogP contribution in [0.1, 0.15) is 97.6 Å². The monoisotopic (exact) mass is 929 g/mol. The number of ketones is 2. The number of nitrogens with zero attached hydrogens (tertiary/aromatic N) is 6. The van der Waals surface area contributed by atoms with Crippen LogP contribution in [0.2, 0.25) is 10.6 Å². The van der Waals surface area contributed by atoms with Gasteiger partial charge < -0.3 is 34.9 Å². The zero-order valence-electron chi connectivity index (χ0n) is 34.1. The topological polar surface area (TPSA) is 219 Å². The van der Waals surface area contributed by atoms with Gasteiger partial charge in [-0.25, -0.2) is 29.5 Å². The summed E-state index contributed by atoms with van der Waals surface area (Å²) in [6, 6.07) is 0. The summed E-state index contributed by atoms with van der Waals surface area (Å²) in [4.78, 5) is 94.1. The maximum Gasteiger partial charge on any atom is 0.410 e. The molecule has 0 bridgehead atoms. The van der Waals surface area contributed by atoms with E-state index in [-0.39, 0.29) is 56.7 Å². The summed E-state index contributed by atoms with van der Waals surface area (Å²) in [6.07, 6.45) is 5.68. The van der Waals surface area contributed by atoms with Crippen molar-refractivity contribution in [3.05, 3.63) is 56.6 Å². The third-order valence-corrected chi connectivity index (χ3v) is 12.2. The molecule has 6 aliphatic rings. The number of aryl methyl sites for hydroxylation is 2. The molecule has 2 spiro atoms. The van der Waals surface area contributed by atoms with E-state index >= 15 is 0 Å². The van der Waals surface area contributed by atoms with Crippen LogP contribution in [0.15, 0.2) is 12.4 Å². The Bertz CT molecular complexity index is 2290. The first kappa shape index (κ1) is 43.4. The van der Waals surface area contributed by atoms with Crippen LogP contribution in [0, 0.1) is 5.41 Å². The van der Waals surface area contributed by atoms with E-state index in [9.17, 15) is 28.8 Å². The number of piperidine rings is 1. The van der Waals surface area contributed by atoms with Gasteiger partial charge in [0.1, 0.15) is 16.9 Å². The van der Waals surface area contributed by atoms with Gasteiger partial charge in [0, 0.05) is 62.9 Å². The van der Waals surface area contributed by atoms with Crippen molar-refractivity contribution in [2.75, 3.05) is 39.3 Å². The van der Waals surface area contributed by atoms with Gasteiger partial charge in [0.25, 0.3) is 5.91 Å². The van der Waals surface area contributed by atoms with Gasteiger partial charge in [-0.1, -0.05) is 15.9 Å². The lowest BCUT2D eigenvalue weighted by atomic mass is 9.72. The highest BCUT2D eigenvalue weighted by molar-refractivity contribution is 9.10. The average molecular weight is 932 g/mol. The molecule has 320 valence electrons. The second-order valence-electron chi connectivity index (χ2n) is 17.9. The van der Waals surface area contributed by atoms with Crippen molar-refractivity contribution >= 4 is 74.7 Å². The number of carbonyl (C=O) groups is 6. The third-order valence-electron chi connectivity index (χ3n) is 11.0. The largest absolute Gasteiger partial charge is 0.444 e. The number of H-pyrrole nitrogens is 1. The van der Waals surface area contributed by atoms with Crippen molar-refractivity contribution < 1.29 is 38.2 Å². The maximum atomic E-state index is 12.7. The Balaban J connectivity index is 0.000000150. The van der Waals surface area contributed by atoms with Gasteiger partial charge in [0.2, 0.25) is 16.5 Å². The van der Waals surface area contributed by atoms with Gasteiger partial charge in [-0.2, -0.15) is 0 Å². The lowest BCUT2D eigenvalue weighted by Crippen LogP contribution is -2.68. The van der Waals surface area contributed by atoms with E-state index < -0.39 is 22.7 Å². The molecule has 4 amide bonds. The van der Waals surface area contributed by atoms with Gasteiger partial charge in [-0.15, -0.1) is 0 Å². The summed E-state index contributed by atoms with van der Waals surface area (Å²) >= 11 is 14.9. The predicted octanol–water partition coefficient (Wildman–Crippen LogP) is 4.79. The number of ether oxygens (including phenoxy) is 2. The summed E-state index contributed by atoms with van der Waals surface area (Å²) in [5.41, 5.74) is 4.51. The lowest BCUT2D eigenvalue weighted by molar-refractivity contribution is -0.146. The molecule has 20 heteroatoms. The van der Waals surface area contributed by atoms with Gasteiger partial charge >= 0.3 is 12.2 Å². The number of fused-ring (bicyclic) bond motifs is 7. The number of carbonyl (C=O) groups excluding carboxylic acids is 6. The highest BCUT2D eigenvalue weighted by Gasteiger charge is 2.55. The number of aromatic amines is 1. The number of hydrogen-bond donors (Lipinski definition) is 3. The van der Waals surface area contributed by atoms with E-state index in [4.69, 9.17) is 32.7 Å². The van der Waals surface area contributed by atoms with Crippen LogP contribution in [-0.4, -0.2) is 126 Å². The molecule has 0 saturated carbocycles. The van der Waals surface area contributed by atoms with Crippen LogP contribution in [0.25, 0.3) is 11.4 Å². The van der Waals surface area contributed by atoms with Crippen molar-refractivity contribution in [2.24, 2.45) is 5.41 Å². The minimum absolute atomic E-state index is 0.00514. The molecule has 9 rings (SSSR count). The molecule has 3 aromatic heterocycles. The third kappa shape index (κ3) is 8.73. The van der Waals surface area contributed by atoms with Crippen molar-refractivity contribution in [1.29, 1.82) is 0 Å². The molecule has 0 aromatic carbocycles. The van der Waals surface area contributed by atoms with Gasteiger partial charge in [-0.3, -0.25) is 19.2 Å². The predicted molar refractivity (Wildman–Crippen MR) is 221 cm³/mol. The lowest BCUT2D eigenvalue weighted by Gasteiger charge is -2.51. The Kier molecular flexibility index (Phi) is 11.6. The Labute approximate surface area is 364 Å². The number of nitrogens with one attached hydrogen (secondary N) is 3. The van der Waals surface area contributed by atoms with E-state index in [1.807, 2.05) is 20.8 Å². The molecule has 7 heterocycles. The number of hydrogen-bond acceptors (Lipinski definition) is 12. The molecule has 0 radical (unpaired) electrons. The van der Waals surface area contributed by atoms with Crippen LogP contribution in [0.3, 0.4) is 0 Å². The van der Waals surface area contributed by atoms with Crippen molar-refractivity contribution in [3.63, 3.8) is 0 Å².